The molecule has 0 aromatic rings. The number of amides is 1. The third-order valence-electron chi connectivity index (χ3n) is 3.69. The first kappa shape index (κ1) is 12.4. The smallest absolute Gasteiger partial charge is 0.326 e. The summed E-state index contributed by atoms with van der Waals surface area (Å²) in [6, 6.07) is -0.582. The third kappa shape index (κ3) is 2.97. The third-order valence-corrected chi connectivity index (χ3v) is 3.69. The first-order valence-electron chi connectivity index (χ1n) is 6.43. The number of carbonyl (C=O) groups excluding carboxylic acids is 1. The fourth-order valence-corrected chi connectivity index (χ4v) is 2.74. The summed E-state index contributed by atoms with van der Waals surface area (Å²) in [7, 11) is 0. The fourth-order valence-electron chi connectivity index (χ4n) is 2.74. The van der Waals surface area contributed by atoms with Crippen LogP contribution in [-0.4, -0.2) is 59.0 Å². The van der Waals surface area contributed by atoms with E-state index >= 15 is 0 Å². The lowest BCUT2D eigenvalue weighted by atomic mass is 10.2. The molecule has 2 aliphatic heterocycles. The molecule has 1 N–H and O–H groups in total. The van der Waals surface area contributed by atoms with Gasteiger partial charge in [0.2, 0.25) is 5.91 Å². The zero-order chi connectivity index (χ0) is 12.3. The molecule has 1 amide bonds. The normalized spacial score (nSPS) is 25.8. The van der Waals surface area contributed by atoms with E-state index in [9.17, 15) is 9.59 Å². The zero-order valence-electron chi connectivity index (χ0n) is 10.1. The summed E-state index contributed by atoms with van der Waals surface area (Å²) in [5.41, 5.74) is 0. The van der Waals surface area contributed by atoms with Crippen molar-refractivity contribution in [3.63, 3.8) is 0 Å². The quantitative estimate of drug-likeness (QED) is 0.762. The summed E-state index contributed by atoms with van der Waals surface area (Å²) in [4.78, 5) is 26.5. The van der Waals surface area contributed by atoms with E-state index in [1.165, 1.54) is 12.8 Å². The van der Waals surface area contributed by atoms with E-state index in [1.54, 1.807) is 4.90 Å². The molecule has 0 aromatic heterocycles. The van der Waals surface area contributed by atoms with E-state index in [-0.39, 0.29) is 5.91 Å². The molecule has 0 aromatic carbocycles. The summed E-state index contributed by atoms with van der Waals surface area (Å²) < 4.78 is 0. The predicted molar refractivity (Wildman–Crippen MR) is 62.7 cm³/mol. The van der Waals surface area contributed by atoms with Crippen LogP contribution in [0.4, 0.5) is 0 Å². The Labute approximate surface area is 101 Å². The number of rotatable bonds is 5. The molecular formula is C12H20N2O3. The Balaban J connectivity index is 1.76. The number of hydrogen-bond acceptors (Lipinski definition) is 3. The van der Waals surface area contributed by atoms with Gasteiger partial charge >= 0.3 is 5.97 Å². The molecule has 5 heteroatoms. The van der Waals surface area contributed by atoms with Crippen molar-refractivity contribution in [2.75, 3.05) is 26.2 Å². The summed E-state index contributed by atoms with van der Waals surface area (Å²) in [5, 5.41) is 9.01. The largest absolute Gasteiger partial charge is 0.480 e. The molecule has 2 saturated heterocycles. The van der Waals surface area contributed by atoms with Crippen molar-refractivity contribution < 1.29 is 14.7 Å². The lowest BCUT2D eigenvalue weighted by Gasteiger charge is -2.23. The number of hydrogen-bond donors (Lipinski definition) is 1. The minimum Gasteiger partial charge on any atom is -0.480 e. The molecule has 0 bridgehead atoms. The Hall–Kier alpha value is -1.10. The highest BCUT2D eigenvalue weighted by atomic mass is 16.4. The van der Waals surface area contributed by atoms with Crippen LogP contribution in [0.2, 0.25) is 0 Å². The van der Waals surface area contributed by atoms with Crippen LogP contribution in [0.3, 0.4) is 0 Å². The molecule has 96 valence electrons. The first-order chi connectivity index (χ1) is 8.18. The molecule has 1 unspecified atom stereocenters. The van der Waals surface area contributed by atoms with Gasteiger partial charge in [0, 0.05) is 13.0 Å². The van der Waals surface area contributed by atoms with Crippen LogP contribution in [0.1, 0.15) is 32.1 Å². The van der Waals surface area contributed by atoms with Crippen molar-refractivity contribution in [2.45, 2.75) is 38.1 Å². The SMILES string of the molecule is O=C(O)C1CCC(=O)N1CCCN1CCCC1. The maximum atomic E-state index is 11.6. The molecule has 0 radical (unpaired) electrons. The second-order valence-electron chi connectivity index (χ2n) is 4.88. The Morgan fingerprint density at radius 2 is 2.00 bits per heavy atom. The van der Waals surface area contributed by atoms with Gasteiger partial charge in [-0.05, 0) is 45.3 Å². The van der Waals surface area contributed by atoms with Crippen LogP contribution in [0, 0.1) is 0 Å². The maximum absolute atomic E-state index is 11.6. The number of nitrogens with zero attached hydrogens (tertiary/aromatic N) is 2. The van der Waals surface area contributed by atoms with Gasteiger partial charge in [-0.2, -0.15) is 0 Å². The number of carbonyl (C=O) groups is 2. The molecule has 2 fully saturated rings. The van der Waals surface area contributed by atoms with Gasteiger partial charge in [-0.3, -0.25) is 4.79 Å². The van der Waals surface area contributed by atoms with Crippen LogP contribution in [-0.2, 0) is 9.59 Å². The maximum Gasteiger partial charge on any atom is 0.326 e. The van der Waals surface area contributed by atoms with Crippen molar-refractivity contribution in [1.29, 1.82) is 0 Å². The Morgan fingerprint density at radius 1 is 1.29 bits per heavy atom. The average molecular weight is 240 g/mol. The van der Waals surface area contributed by atoms with Gasteiger partial charge in [-0.1, -0.05) is 0 Å². The van der Waals surface area contributed by atoms with Crippen LogP contribution in [0.5, 0.6) is 0 Å². The topological polar surface area (TPSA) is 60.9 Å². The van der Waals surface area contributed by atoms with E-state index in [1.807, 2.05) is 0 Å². The summed E-state index contributed by atoms with van der Waals surface area (Å²) >= 11 is 0. The summed E-state index contributed by atoms with van der Waals surface area (Å²) in [6.45, 7) is 3.87. The van der Waals surface area contributed by atoms with E-state index in [2.05, 4.69) is 4.90 Å². The van der Waals surface area contributed by atoms with Crippen LogP contribution in [0.15, 0.2) is 0 Å². The average Bonchev–Trinajstić information content (AvgIpc) is 2.89. The summed E-state index contributed by atoms with van der Waals surface area (Å²) in [6.07, 6.45) is 4.27. The van der Waals surface area contributed by atoms with Crippen molar-refractivity contribution in [1.82, 2.24) is 9.80 Å². The Morgan fingerprint density at radius 3 is 2.65 bits per heavy atom. The zero-order valence-corrected chi connectivity index (χ0v) is 10.1. The van der Waals surface area contributed by atoms with Gasteiger partial charge in [0.1, 0.15) is 6.04 Å². The fraction of sp³-hybridized carbons (Fsp3) is 0.833. The van der Waals surface area contributed by atoms with E-state index < -0.39 is 12.0 Å². The minimum absolute atomic E-state index is 0.00109. The Bertz CT molecular complexity index is 300. The molecule has 2 aliphatic rings. The first-order valence-corrected chi connectivity index (χ1v) is 6.43. The molecule has 0 spiro atoms. The van der Waals surface area contributed by atoms with Gasteiger partial charge in [0.15, 0.2) is 0 Å². The van der Waals surface area contributed by atoms with Crippen LogP contribution < -0.4 is 0 Å². The molecule has 0 aliphatic carbocycles. The van der Waals surface area contributed by atoms with E-state index in [0.717, 1.165) is 26.1 Å². The van der Waals surface area contributed by atoms with Gasteiger partial charge in [0.05, 0.1) is 0 Å². The van der Waals surface area contributed by atoms with Crippen LogP contribution >= 0.6 is 0 Å². The second kappa shape index (κ2) is 5.49. The molecular weight excluding hydrogens is 220 g/mol. The van der Waals surface area contributed by atoms with Crippen molar-refractivity contribution in [2.24, 2.45) is 0 Å². The molecule has 2 heterocycles. The number of carboxylic acid groups (broad SMARTS) is 1. The highest BCUT2D eigenvalue weighted by molar-refractivity contribution is 5.87. The predicted octanol–water partition coefficient (Wildman–Crippen LogP) is 0.548. The standard InChI is InChI=1S/C12H20N2O3/c15-11-5-4-10(12(16)17)14(11)9-3-8-13-6-1-2-7-13/h10H,1-9H2,(H,16,17). The van der Waals surface area contributed by atoms with Crippen molar-refractivity contribution in [3.05, 3.63) is 0 Å². The van der Waals surface area contributed by atoms with Crippen molar-refractivity contribution >= 4 is 11.9 Å². The van der Waals surface area contributed by atoms with Gasteiger partial charge < -0.3 is 14.9 Å². The number of aliphatic carboxylic acids is 1. The van der Waals surface area contributed by atoms with Gasteiger partial charge in [0.25, 0.3) is 0 Å². The van der Waals surface area contributed by atoms with E-state index in [0.29, 0.717) is 19.4 Å². The van der Waals surface area contributed by atoms with Gasteiger partial charge in [-0.25, -0.2) is 4.79 Å². The van der Waals surface area contributed by atoms with Gasteiger partial charge in [-0.15, -0.1) is 0 Å². The monoisotopic (exact) mass is 240 g/mol. The summed E-state index contributed by atoms with van der Waals surface area (Å²) in [5.74, 6) is -0.865. The molecule has 1 atom stereocenters. The Kier molecular flexibility index (Phi) is 3.99. The highest BCUT2D eigenvalue weighted by Gasteiger charge is 2.35. The molecule has 5 nitrogen and oxygen atoms in total. The number of carboxylic acids is 1. The molecule has 2 rings (SSSR count). The molecule has 0 saturated carbocycles. The van der Waals surface area contributed by atoms with E-state index in [4.69, 9.17) is 5.11 Å². The number of likely N-dealkylation sites (tertiary alicyclic amines) is 2. The minimum atomic E-state index is -0.864. The molecule has 17 heavy (non-hydrogen) atoms. The lowest BCUT2D eigenvalue weighted by Crippen LogP contribution is -2.40. The lowest BCUT2D eigenvalue weighted by molar-refractivity contribution is -0.146. The second-order valence-corrected chi connectivity index (χ2v) is 4.88. The van der Waals surface area contributed by atoms with Crippen LogP contribution in [0.25, 0.3) is 0 Å². The van der Waals surface area contributed by atoms with Crippen molar-refractivity contribution in [3.8, 4) is 0 Å². The highest BCUT2D eigenvalue weighted by Crippen LogP contribution is 2.19.